The number of hydrogen-bond acceptors (Lipinski definition) is 4. The highest BCUT2D eigenvalue weighted by Crippen LogP contribution is 2.30. The van der Waals surface area contributed by atoms with Crippen LogP contribution in [0.4, 0.5) is 4.39 Å². The molecule has 7 nitrogen and oxygen atoms in total. The second-order valence-corrected chi connectivity index (χ2v) is 9.44. The third-order valence-corrected chi connectivity index (χ3v) is 6.80. The van der Waals surface area contributed by atoms with E-state index in [1.165, 1.54) is 10.6 Å². The lowest BCUT2D eigenvalue weighted by atomic mass is 9.98. The van der Waals surface area contributed by atoms with E-state index < -0.39 is 0 Å². The van der Waals surface area contributed by atoms with Crippen molar-refractivity contribution in [2.45, 2.75) is 52.5 Å². The summed E-state index contributed by atoms with van der Waals surface area (Å²) in [4.78, 5) is 13.7. The Kier molecular flexibility index (Phi) is 7.58. The molecule has 2 heterocycles. The highest BCUT2D eigenvalue weighted by molar-refractivity contribution is 5.80. The van der Waals surface area contributed by atoms with Gasteiger partial charge in [-0.1, -0.05) is 87.4 Å². The Labute approximate surface area is 221 Å². The number of aryl methyl sites for hydroxylation is 2. The summed E-state index contributed by atoms with van der Waals surface area (Å²) in [6, 6.07) is 21.1. The fraction of sp³-hybridized carbons (Fsp3) is 0.267. The zero-order chi connectivity index (χ0) is 26.5. The lowest BCUT2D eigenvalue weighted by Gasteiger charge is -2.11. The van der Waals surface area contributed by atoms with Gasteiger partial charge in [-0.25, -0.2) is 9.18 Å². The molecular formula is C30H31FN6O. The quantitative estimate of drug-likeness (QED) is 0.251. The molecule has 0 aliphatic rings. The molecule has 0 bridgehead atoms. The van der Waals surface area contributed by atoms with E-state index in [9.17, 15) is 4.79 Å². The first-order valence-corrected chi connectivity index (χ1v) is 13.1. The number of H-pyrrole nitrogens is 1. The molecule has 0 aliphatic heterocycles. The van der Waals surface area contributed by atoms with E-state index in [0.717, 1.165) is 59.2 Å². The van der Waals surface area contributed by atoms with E-state index in [4.69, 9.17) is 0 Å². The van der Waals surface area contributed by atoms with Crippen molar-refractivity contribution >= 4 is 0 Å². The highest BCUT2D eigenvalue weighted by atomic mass is 19.1. The lowest BCUT2D eigenvalue weighted by molar-refractivity contribution is 0.609. The molecule has 0 saturated carbocycles. The van der Waals surface area contributed by atoms with Crippen molar-refractivity contribution in [1.29, 1.82) is 0 Å². The standard InChI is InChI=1S/C30H31FN6O/c1-3-5-11-24-20-37(28-23(9-4-2)10-8-14-27(28)31)30(38)36(24)19-21-15-17-22(18-16-21)25-12-6-7-13-26(25)29-32-34-35-33-29/h6-8,10,12-18,20H,3-5,9,11,19H2,1-2H3,(H,32,33,34,35). The van der Waals surface area contributed by atoms with Crippen molar-refractivity contribution in [3.63, 3.8) is 0 Å². The summed E-state index contributed by atoms with van der Waals surface area (Å²) in [5.41, 5.74) is 5.79. The van der Waals surface area contributed by atoms with E-state index in [1.807, 2.05) is 60.8 Å². The van der Waals surface area contributed by atoms with Crippen LogP contribution in [0.2, 0.25) is 0 Å². The minimum atomic E-state index is -0.373. The summed E-state index contributed by atoms with van der Waals surface area (Å²) >= 11 is 0. The van der Waals surface area contributed by atoms with Crippen molar-refractivity contribution in [1.82, 2.24) is 29.8 Å². The molecular weight excluding hydrogens is 479 g/mol. The molecule has 0 aliphatic carbocycles. The Hall–Kier alpha value is -4.33. The van der Waals surface area contributed by atoms with Gasteiger partial charge >= 0.3 is 5.69 Å². The Morgan fingerprint density at radius 2 is 1.68 bits per heavy atom. The molecule has 194 valence electrons. The number of tetrazole rings is 1. The molecule has 0 unspecified atom stereocenters. The summed E-state index contributed by atoms with van der Waals surface area (Å²) in [6.45, 7) is 4.59. The number of hydrogen-bond donors (Lipinski definition) is 1. The van der Waals surface area contributed by atoms with E-state index in [-0.39, 0.29) is 11.5 Å². The molecule has 5 rings (SSSR count). The van der Waals surface area contributed by atoms with E-state index in [0.29, 0.717) is 24.5 Å². The van der Waals surface area contributed by atoms with Crippen LogP contribution in [0.3, 0.4) is 0 Å². The molecule has 2 aromatic heterocycles. The van der Waals surface area contributed by atoms with Crippen LogP contribution in [-0.4, -0.2) is 29.8 Å². The largest absolute Gasteiger partial charge is 0.333 e. The van der Waals surface area contributed by atoms with Gasteiger partial charge in [0.05, 0.1) is 12.2 Å². The average molecular weight is 511 g/mol. The fourth-order valence-corrected chi connectivity index (χ4v) is 4.89. The van der Waals surface area contributed by atoms with Crippen molar-refractivity contribution < 1.29 is 4.39 Å². The fourth-order valence-electron chi connectivity index (χ4n) is 4.89. The maximum absolute atomic E-state index is 15.0. The van der Waals surface area contributed by atoms with Crippen molar-refractivity contribution in [3.05, 3.63) is 106 Å². The van der Waals surface area contributed by atoms with Crippen LogP contribution in [0.1, 0.15) is 49.9 Å². The molecule has 0 spiro atoms. The number of aromatic amines is 1. The second-order valence-electron chi connectivity index (χ2n) is 9.44. The van der Waals surface area contributed by atoms with E-state index in [1.54, 1.807) is 10.6 Å². The van der Waals surface area contributed by atoms with Crippen LogP contribution < -0.4 is 5.69 Å². The predicted octanol–water partition coefficient (Wildman–Crippen LogP) is 5.97. The van der Waals surface area contributed by atoms with Crippen LogP contribution in [0.5, 0.6) is 0 Å². The third kappa shape index (κ3) is 5.07. The maximum atomic E-state index is 15.0. The number of imidazole rings is 1. The van der Waals surface area contributed by atoms with Gasteiger partial charge in [-0.2, -0.15) is 5.21 Å². The summed E-state index contributed by atoms with van der Waals surface area (Å²) in [5, 5.41) is 14.4. The first-order valence-electron chi connectivity index (χ1n) is 13.1. The number of para-hydroxylation sites is 1. The van der Waals surface area contributed by atoms with Crippen LogP contribution >= 0.6 is 0 Å². The van der Waals surface area contributed by atoms with Crippen LogP contribution in [0.15, 0.2) is 77.7 Å². The second kappa shape index (κ2) is 11.4. The first-order chi connectivity index (χ1) is 18.6. The van der Waals surface area contributed by atoms with Gasteiger partial charge in [-0.3, -0.25) is 9.13 Å². The smallest absolute Gasteiger partial charge is 0.292 e. The monoisotopic (exact) mass is 510 g/mol. The van der Waals surface area contributed by atoms with Gasteiger partial charge in [0.2, 0.25) is 5.82 Å². The minimum absolute atomic E-state index is 0.218. The molecule has 0 saturated heterocycles. The van der Waals surface area contributed by atoms with Gasteiger partial charge in [0.1, 0.15) is 5.82 Å². The van der Waals surface area contributed by atoms with Gasteiger partial charge < -0.3 is 0 Å². The number of benzene rings is 3. The number of nitrogens with one attached hydrogen (secondary N) is 1. The number of halogens is 1. The number of unbranched alkanes of at least 4 members (excludes halogenated alkanes) is 1. The molecule has 0 fully saturated rings. The van der Waals surface area contributed by atoms with Crippen LogP contribution in [-0.2, 0) is 19.4 Å². The first kappa shape index (κ1) is 25.3. The normalized spacial score (nSPS) is 11.2. The van der Waals surface area contributed by atoms with Gasteiger partial charge in [0.25, 0.3) is 0 Å². The molecule has 8 heteroatoms. The van der Waals surface area contributed by atoms with Gasteiger partial charge in [-0.05, 0) is 52.8 Å². The number of rotatable bonds is 10. The molecule has 1 N–H and O–H groups in total. The Morgan fingerprint density at radius 1 is 0.895 bits per heavy atom. The highest BCUT2D eigenvalue weighted by Gasteiger charge is 2.18. The molecule has 38 heavy (non-hydrogen) atoms. The summed E-state index contributed by atoms with van der Waals surface area (Å²) in [5.74, 6) is 0.163. The van der Waals surface area contributed by atoms with Crippen molar-refractivity contribution in [2.75, 3.05) is 0 Å². The summed E-state index contributed by atoms with van der Waals surface area (Å²) < 4.78 is 18.3. The lowest BCUT2D eigenvalue weighted by Crippen LogP contribution is -2.26. The van der Waals surface area contributed by atoms with Gasteiger partial charge in [0.15, 0.2) is 0 Å². The number of aromatic nitrogens is 6. The maximum Gasteiger partial charge on any atom is 0.333 e. The average Bonchev–Trinajstić information content (AvgIpc) is 3.58. The van der Waals surface area contributed by atoms with Crippen molar-refractivity contribution in [2.24, 2.45) is 0 Å². The van der Waals surface area contributed by atoms with Gasteiger partial charge in [-0.15, -0.1) is 10.2 Å². The zero-order valence-electron chi connectivity index (χ0n) is 21.7. The van der Waals surface area contributed by atoms with Crippen LogP contribution in [0.25, 0.3) is 28.2 Å². The predicted molar refractivity (Wildman–Crippen MR) is 147 cm³/mol. The number of nitrogens with zero attached hydrogens (tertiary/aromatic N) is 5. The Bertz CT molecular complexity index is 1570. The summed E-state index contributed by atoms with van der Waals surface area (Å²) in [7, 11) is 0. The molecule has 3 aromatic carbocycles. The van der Waals surface area contributed by atoms with E-state index in [2.05, 4.69) is 34.5 Å². The third-order valence-electron chi connectivity index (χ3n) is 6.80. The molecule has 5 aromatic rings. The molecule has 0 atom stereocenters. The molecule has 0 radical (unpaired) electrons. The van der Waals surface area contributed by atoms with E-state index >= 15 is 4.39 Å². The minimum Gasteiger partial charge on any atom is -0.292 e. The van der Waals surface area contributed by atoms with Crippen LogP contribution in [0, 0.1) is 5.82 Å². The van der Waals surface area contributed by atoms with Crippen molar-refractivity contribution in [3.8, 4) is 28.2 Å². The molecule has 0 amide bonds. The Balaban J connectivity index is 1.50. The SMILES string of the molecule is CCCCc1cn(-c2c(F)cccc2CCC)c(=O)n1Cc1ccc(-c2ccccc2-c2nn[nH]n2)cc1. The van der Waals surface area contributed by atoms with Gasteiger partial charge in [0, 0.05) is 17.5 Å². The zero-order valence-corrected chi connectivity index (χ0v) is 21.7. The summed E-state index contributed by atoms with van der Waals surface area (Å²) in [6.07, 6.45) is 6.12. The Morgan fingerprint density at radius 3 is 2.39 bits per heavy atom. The topological polar surface area (TPSA) is 81.4 Å².